The number of aryl methyl sites for hydroxylation is 1. The van der Waals surface area contributed by atoms with Crippen molar-refractivity contribution in [1.29, 1.82) is 0 Å². The lowest BCUT2D eigenvalue weighted by molar-refractivity contribution is 0.592. The van der Waals surface area contributed by atoms with Gasteiger partial charge in [0.15, 0.2) is 0 Å². The summed E-state index contributed by atoms with van der Waals surface area (Å²) >= 11 is 1.45. The largest absolute Gasteiger partial charge is 0.270 e. The van der Waals surface area contributed by atoms with Gasteiger partial charge in [-0.05, 0) is 42.7 Å². The maximum Gasteiger partial charge on any atom is 0.238 e. The number of rotatable bonds is 4. The molecule has 29 heavy (non-hydrogen) atoms. The van der Waals surface area contributed by atoms with Crippen LogP contribution in [0.4, 0.5) is 5.69 Å². The number of aromatic nitrogens is 1. The average Bonchev–Trinajstić information content (AvgIpc) is 3.16. The first kappa shape index (κ1) is 20.0. The highest BCUT2D eigenvalue weighted by Gasteiger charge is 2.24. The lowest BCUT2D eigenvalue weighted by Crippen LogP contribution is -2.34. The number of anilines is 1. The summed E-state index contributed by atoms with van der Waals surface area (Å²) in [5.74, 6) is 0. The molecule has 1 aromatic heterocycles. The molecule has 4 rings (SSSR count). The van der Waals surface area contributed by atoms with Gasteiger partial charge in [-0.2, -0.15) is 0 Å². The van der Waals surface area contributed by atoms with E-state index in [0.29, 0.717) is 6.54 Å². The Morgan fingerprint density at radius 2 is 1.72 bits per heavy atom. The molecule has 0 aliphatic carbocycles. The fraction of sp³-hybridized carbons (Fsp3) is 0.211. The Labute approximate surface area is 173 Å². The van der Waals surface area contributed by atoms with Gasteiger partial charge in [-0.3, -0.25) is 4.31 Å². The highest BCUT2D eigenvalue weighted by atomic mass is 32.2. The molecule has 0 saturated heterocycles. The number of nitrogens with two attached hydrogens (primary N) is 1. The van der Waals surface area contributed by atoms with Crippen molar-refractivity contribution in [3.63, 3.8) is 0 Å². The quantitative estimate of drug-likeness (QED) is 0.658. The Hall–Kier alpha value is -2.27. The van der Waals surface area contributed by atoms with Gasteiger partial charge in [-0.25, -0.2) is 27.0 Å². The van der Waals surface area contributed by atoms with E-state index in [1.807, 2.05) is 23.6 Å². The Morgan fingerprint density at radius 1 is 1.03 bits per heavy atom. The maximum atomic E-state index is 12.0. The van der Waals surface area contributed by atoms with Crippen molar-refractivity contribution in [2.75, 3.05) is 17.1 Å². The number of benzene rings is 2. The molecule has 1 aliphatic rings. The van der Waals surface area contributed by atoms with Gasteiger partial charge in [0.2, 0.25) is 20.0 Å². The topological polar surface area (TPSA) is 110 Å². The molecule has 2 heterocycles. The monoisotopic (exact) mass is 449 g/mol. The van der Waals surface area contributed by atoms with E-state index in [-0.39, 0.29) is 4.90 Å². The molecule has 2 N–H and O–H groups in total. The van der Waals surface area contributed by atoms with Crippen LogP contribution in [0, 0.1) is 0 Å². The third-order valence-electron chi connectivity index (χ3n) is 4.79. The van der Waals surface area contributed by atoms with Crippen molar-refractivity contribution >= 4 is 37.1 Å². The summed E-state index contributed by atoms with van der Waals surface area (Å²) in [6.45, 7) is 0.501. The Kier molecular flexibility index (Phi) is 4.97. The van der Waals surface area contributed by atoms with E-state index >= 15 is 0 Å². The van der Waals surface area contributed by atoms with Crippen LogP contribution in [0.2, 0.25) is 0 Å². The fourth-order valence-electron chi connectivity index (χ4n) is 3.39. The van der Waals surface area contributed by atoms with Gasteiger partial charge in [0.1, 0.15) is 5.01 Å². The molecule has 152 valence electrons. The third kappa shape index (κ3) is 4.06. The normalized spacial score (nSPS) is 14.6. The van der Waals surface area contributed by atoms with Crippen molar-refractivity contribution < 1.29 is 16.8 Å². The van der Waals surface area contributed by atoms with Crippen LogP contribution < -0.4 is 9.44 Å². The summed E-state index contributed by atoms with van der Waals surface area (Å²) < 4.78 is 48.3. The van der Waals surface area contributed by atoms with Crippen LogP contribution in [-0.4, -0.2) is 34.6 Å². The van der Waals surface area contributed by atoms with E-state index in [0.717, 1.165) is 45.9 Å². The molecular formula is C19H19N3O4S3. The minimum absolute atomic E-state index is 0.0585. The molecule has 0 amide bonds. The Morgan fingerprint density at radius 3 is 2.38 bits per heavy atom. The number of nitrogens with zero attached hydrogens (tertiary/aromatic N) is 2. The molecule has 0 bridgehead atoms. The van der Waals surface area contributed by atoms with Crippen molar-refractivity contribution in [3.8, 4) is 21.8 Å². The van der Waals surface area contributed by atoms with Crippen LogP contribution in [0.3, 0.4) is 0 Å². The van der Waals surface area contributed by atoms with Crippen LogP contribution in [0.1, 0.15) is 12.0 Å². The van der Waals surface area contributed by atoms with Gasteiger partial charge >= 0.3 is 0 Å². The molecule has 10 heteroatoms. The summed E-state index contributed by atoms with van der Waals surface area (Å²) in [6.07, 6.45) is 2.83. The van der Waals surface area contributed by atoms with Crippen molar-refractivity contribution in [2.45, 2.75) is 17.7 Å². The summed E-state index contributed by atoms with van der Waals surface area (Å²) in [6, 6.07) is 12.0. The van der Waals surface area contributed by atoms with Crippen LogP contribution >= 0.6 is 11.3 Å². The molecule has 0 fully saturated rings. The van der Waals surface area contributed by atoms with Crippen molar-refractivity contribution in [1.82, 2.24) is 4.98 Å². The number of thiazole rings is 1. The van der Waals surface area contributed by atoms with E-state index in [4.69, 9.17) is 5.14 Å². The first-order chi connectivity index (χ1) is 13.6. The summed E-state index contributed by atoms with van der Waals surface area (Å²) in [7, 11) is -7.02. The number of hydrogen-bond acceptors (Lipinski definition) is 6. The van der Waals surface area contributed by atoms with Gasteiger partial charge < -0.3 is 0 Å². The van der Waals surface area contributed by atoms with Crippen LogP contribution in [-0.2, 0) is 26.5 Å². The summed E-state index contributed by atoms with van der Waals surface area (Å²) in [4.78, 5) is 4.72. The van der Waals surface area contributed by atoms with Crippen molar-refractivity contribution in [2.24, 2.45) is 5.14 Å². The molecule has 2 aromatic carbocycles. The number of hydrogen-bond donors (Lipinski definition) is 1. The molecule has 7 nitrogen and oxygen atoms in total. The average molecular weight is 450 g/mol. The first-order valence-corrected chi connectivity index (χ1v) is 13.1. The van der Waals surface area contributed by atoms with Crippen LogP contribution in [0.15, 0.2) is 52.7 Å². The SMILES string of the molecule is CS(=O)(=O)N1CCCc2cc(-c3csc(-c4ccc(S(N)(=O)=O)cc4)n3)ccc21. The zero-order chi connectivity index (χ0) is 20.8. The van der Waals surface area contributed by atoms with Gasteiger partial charge in [0.25, 0.3) is 0 Å². The molecular weight excluding hydrogens is 430 g/mol. The summed E-state index contributed by atoms with van der Waals surface area (Å²) in [5, 5.41) is 7.83. The second-order valence-corrected chi connectivity index (χ2v) is 11.2. The van der Waals surface area contributed by atoms with E-state index in [2.05, 4.69) is 4.98 Å². The third-order valence-corrected chi connectivity index (χ3v) is 7.79. The van der Waals surface area contributed by atoms with Gasteiger partial charge in [-0.15, -0.1) is 11.3 Å². The minimum atomic E-state index is -3.73. The standard InChI is InChI=1S/C19H19N3O4S3/c1-28(23,24)22-10-2-3-15-11-14(6-9-18(15)22)17-12-27-19(21-17)13-4-7-16(8-5-13)29(20,25)26/h4-9,11-12H,2-3,10H2,1H3,(H2,20,25,26). The van der Waals surface area contributed by atoms with Crippen LogP contribution in [0.25, 0.3) is 21.8 Å². The predicted octanol–water partition coefficient (Wildman–Crippen LogP) is 2.84. The lowest BCUT2D eigenvalue weighted by Gasteiger charge is -2.29. The van der Waals surface area contributed by atoms with E-state index in [9.17, 15) is 16.8 Å². The van der Waals surface area contributed by atoms with E-state index in [1.165, 1.54) is 34.0 Å². The zero-order valence-corrected chi connectivity index (χ0v) is 18.0. The minimum Gasteiger partial charge on any atom is -0.270 e. The Balaban J connectivity index is 1.65. The van der Waals surface area contributed by atoms with Crippen LogP contribution in [0.5, 0.6) is 0 Å². The Bertz CT molecular complexity index is 1280. The maximum absolute atomic E-state index is 12.0. The highest BCUT2D eigenvalue weighted by molar-refractivity contribution is 7.92. The number of fused-ring (bicyclic) bond motifs is 1. The zero-order valence-electron chi connectivity index (χ0n) is 15.6. The molecule has 0 saturated carbocycles. The number of sulfonamides is 2. The van der Waals surface area contributed by atoms with Gasteiger partial charge in [0.05, 0.1) is 22.5 Å². The summed E-state index contributed by atoms with van der Waals surface area (Å²) in [5.41, 5.74) is 4.24. The second kappa shape index (κ2) is 7.21. The number of primary sulfonamides is 1. The lowest BCUT2D eigenvalue weighted by atomic mass is 10.00. The molecule has 0 spiro atoms. The predicted molar refractivity (Wildman–Crippen MR) is 115 cm³/mol. The van der Waals surface area contributed by atoms with E-state index < -0.39 is 20.0 Å². The van der Waals surface area contributed by atoms with E-state index in [1.54, 1.807) is 12.1 Å². The van der Waals surface area contributed by atoms with Gasteiger partial charge in [0, 0.05) is 23.1 Å². The molecule has 1 aliphatic heterocycles. The smallest absolute Gasteiger partial charge is 0.238 e. The highest BCUT2D eigenvalue weighted by Crippen LogP contribution is 2.35. The fourth-order valence-corrected chi connectivity index (χ4v) is 5.74. The van der Waals surface area contributed by atoms with Crippen molar-refractivity contribution in [3.05, 3.63) is 53.4 Å². The first-order valence-electron chi connectivity index (χ1n) is 8.83. The molecule has 3 aromatic rings. The molecule has 0 unspecified atom stereocenters. The molecule has 0 radical (unpaired) electrons. The molecule has 0 atom stereocenters. The second-order valence-electron chi connectivity index (χ2n) is 6.89. The van der Waals surface area contributed by atoms with Gasteiger partial charge in [-0.1, -0.05) is 18.2 Å².